The molecule has 6 nitrogen and oxygen atoms in total. The average molecular weight is 233 g/mol. The first kappa shape index (κ1) is 11.3. The van der Waals surface area contributed by atoms with Crippen LogP contribution in [0.15, 0.2) is 35.3 Å². The van der Waals surface area contributed by atoms with Crippen LogP contribution >= 0.6 is 0 Å². The molecule has 0 aromatic heterocycles. The van der Waals surface area contributed by atoms with Crippen LogP contribution in [0.25, 0.3) is 0 Å². The van der Waals surface area contributed by atoms with Gasteiger partial charge in [-0.05, 0) is 5.56 Å². The van der Waals surface area contributed by atoms with Crippen molar-refractivity contribution < 1.29 is 14.7 Å². The van der Waals surface area contributed by atoms with E-state index in [1.54, 1.807) is 0 Å². The van der Waals surface area contributed by atoms with Crippen LogP contribution in [-0.4, -0.2) is 29.5 Å². The maximum Gasteiger partial charge on any atom is 0.316 e. The Morgan fingerprint density at radius 3 is 2.24 bits per heavy atom. The smallest absolute Gasteiger partial charge is 0.316 e. The van der Waals surface area contributed by atoms with E-state index >= 15 is 0 Å². The van der Waals surface area contributed by atoms with Crippen LogP contribution in [0.1, 0.15) is 11.6 Å². The molecular weight excluding hydrogens is 222 g/mol. The lowest BCUT2D eigenvalue weighted by molar-refractivity contribution is -0.135. The van der Waals surface area contributed by atoms with Gasteiger partial charge >= 0.3 is 11.8 Å². The molecule has 0 aliphatic carbocycles. The lowest BCUT2D eigenvalue weighted by Gasteiger charge is -2.10. The Labute approximate surface area is 97.4 Å². The van der Waals surface area contributed by atoms with E-state index in [1.807, 2.05) is 30.3 Å². The Morgan fingerprint density at radius 2 is 1.71 bits per heavy atom. The van der Waals surface area contributed by atoms with Gasteiger partial charge in [0.15, 0.2) is 0 Å². The van der Waals surface area contributed by atoms with Crippen LogP contribution in [0.5, 0.6) is 0 Å². The van der Waals surface area contributed by atoms with Gasteiger partial charge in [0, 0.05) is 0 Å². The van der Waals surface area contributed by atoms with Crippen molar-refractivity contribution in [3.8, 4) is 0 Å². The molecule has 17 heavy (non-hydrogen) atoms. The fourth-order valence-electron chi connectivity index (χ4n) is 1.48. The second kappa shape index (κ2) is 4.75. The molecule has 1 aliphatic heterocycles. The number of nitrogens with one attached hydrogen (secondary N) is 2. The Bertz CT molecular complexity index is 452. The molecule has 1 saturated heterocycles. The van der Waals surface area contributed by atoms with E-state index < -0.39 is 17.9 Å². The second-order valence-electron chi connectivity index (χ2n) is 3.50. The Hall–Kier alpha value is -2.21. The van der Waals surface area contributed by atoms with Gasteiger partial charge in [0.25, 0.3) is 0 Å². The van der Waals surface area contributed by atoms with Crippen LogP contribution in [0.4, 0.5) is 0 Å². The second-order valence-corrected chi connectivity index (χ2v) is 3.50. The number of nitrogens with zero attached hydrogens (tertiary/aromatic N) is 1. The molecule has 0 radical (unpaired) electrons. The minimum absolute atomic E-state index is 0.0721. The number of amides is 2. The highest BCUT2D eigenvalue weighted by Gasteiger charge is 2.26. The van der Waals surface area contributed by atoms with Gasteiger partial charge in [0.2, 0.25) is 5.96 Å². The summed E-state index contributed by atoms with van der Waals surface area (Å²) < 4.78 is 0. The van der Waals surface area contributed by atoms with E-state index in [4.69, 9.17) is 0 Å². The summed E-state index contributed by atoms with van der Waals surface area (Å²) in [5, 5.41) is 13.8. The predicted octanol–water partition coefficient (Wildman–Crippen LogP) is -0.678. The van der Waals surface area contributed by atoms with Gasteiger partial charge in [-0.3, -0.25) is 20.2 Å². The van der Waals surface area contributed by atoms with Gasteiger partial charge in [0.05, 0.1) is 6.61 Å². The maximum atomic E-state index is 10.9. The molecule has 6 heteroatoms. The predicted molar refractivity (Wildman–Crippen MR) is 60.0 cm³/mol. The van der Waals surface area contributed by atoms with E-state index in [9.17, 15) is 14.7 Å². The minimum atomic E-state index is -0.742. The Balaban J connectivity index is 2.19. The van der Waals surface area contributed by atoms with E-state index in [0.717, 1.165) is 5.56 Å². The number of rotatable bonds is 3. The van der Waals surface area contributed by atoms with Crippen LogP contribution < -0.4 is 10.6 Å². The van der Waals surface area contributed by atoms with Gasteiger partial charge in [0.1, 0.15) is 6.04 Å². The summed E-state index contributed by atoms with van der Waals surface area (Å²) in [7, 11) is 0. The SMILES string of the molecule is O=C1NC(=NC(CO)c2ccccc2)NC1=O. The molecule has 0 bridgehead atoms. The molecule has 1 atom stereocenters. The van der Waals surface area contributed by atoms with E-state index in [2.05, 4.69) is 15.6 Å². The molecule has 1 aromatic carbocycles. The number of hydrogen-bond acceptors (Lipinski definition) is 4. The molecule has 3 N–H and O–H groups in total. The molecule has 2 amide bonds. The van der Waals surface area contributed by atoms with Crippen molar-refractivity contribution in [2.75, 3.05) is 6.61 Å². The van der Waals surface area contributed by atoms with Crippen LogP contribution in [0.3, 0.4) is 0 Å². The normalized spacial score (nSPS) is 16.4. The molecule has 1 unspecified atom stereocenters. The minimum Gasteiger partial charge on any atom is -0.394 e. The summed E-state index contributed by atoms with van der Waals surface area (Å²) in [5.41, 5.74) is 0.804. The van der Waals surface area contributed by atoms with E-state index in [0.29, 0.717) is 0 Å². The highest BCUT2D eigenvalue weighted by atomic mass is 16.3. The van der Waals surface area contributed by atoms with Crippen molar-refractivity contribution in [1.29, 1.82) is 0 Å². The molecule has 1 fully saturated rings. The topological polar surface area (TPSA) is 90.8 Å². The number of hydrogen-bond donors (Lipinski definition) is 3. The van der Waals surface area contributed by atoms with Crippen molar-refractivity contribution in [1.82, 2.24) is 10.6 Å². The number of aliphatic imine (C=N–C) groups is 1. The quantitative estimate of drug-likeness (QED) is 0.604. The molecule has 1 aliphatic rings. The van der Waals surface area contributed by atoms with Gasteiger partial charge in [-0.15, -0.1) is 0 Å². The summed E-state index contributed by atoms with van der Waals surface area (Å²) in [5.74, 6) is -1.41. The van der Waals surface area contributed by atoms with Crippen LogP contribution in [0, 0.1) is 0 Å². The van der Waals surface area contributed by atoms with E-state index in [-0.39, 0.29) is 12.6 Å². The van der Waals surface area contributed by atoms with Crippen molar-refractivity contribution >= 4 is 17.8 Å². The number of guanidine groups is 1. The van der Waals surface area contributed by atoms with Gasteiger partial charge in [-0.25, -0.2) is 4.99 Å². The maximum absolute atomic E-state index is 10.9. The average Bonchev–Trinajstić information content (AvgIpc) is 2.67. The highest BCUT2D eigenvalue weighted by Crippen LogP contribution is 2.16. The first-order valence-corrected chi connectivity index (χ1v) is 5.06. The highest BCUT2D eigenvalue weighted by molar-refractivity contribution is 6.45. The largest absolute Gasteiger partial charge is 0.394 e. The number of aliphatic hydroxyl groups is 1. The first-order valence-electron chi connectivity index (χ1n) is 5.06. The van der Waals surface area contributed by atoms with Gasteiger partial charge in [-0.1, -0.05) is 30.3 Å². The molecule has 1 heterocycles. The lowest BCUT2D eigenvalue weighted by atomic mass is 10.1. The number of carbonyl (C=O) groups is 2. The summed E-state index contributed by atoms with van der Waals surface area (Å²) in [6.45, 7) is -0.209. The molecule has 1 aromatic rings. The molecule has 2 rings (SSSR count). The standard InChI is InChI=1S/C11H11N3O3/c15-6-8(7-4-2-1-3-5-7)12-11-13-9(16)10(17)14-11/h1-5,8,15H,6H2,(H2,12,13,14,16,17). The third-order valence-corrected chi connectivity index (χ3v) is 2.31. The number of carbonyl (C=O) groups excluding carboxylic acids is 2. The Kier molecular flexibility index (Phi) is 3.15. The zero-order valence-electron chi connectivity index (χ0n) is 8.88. The molecule has 0 spiro atoms. The first-order chi connectivity index (χ1) is 8.20. The fourth-order valence-corrected chi connectivity index (χ4v) is 1.48. The third kappa shape index (κ3) is 2.48. The van der Waals surface area contributed by atoms with Crippen molar-refractivity contribution in [3.05, 3.63) is 35.9 Å². The number of benzene rings is 1. The van der Waals surface area contributed by atoms with E-state index in [1.165, 1.54) is 0 Å². The molecule has 88 valence electrons. The van der Waals surface area contributed by atoms with Crippen molar-refractivity contribution in [2.24, 2.45) is 4.99 Å². The third-order valence-electron chi connectivity index (χ3n) is 2.31. The monoisotopic (exact) mass is 233 g/mol. The molecule has 0 saturated carbocycles. The van der Waals surface area contributed by atoms with Crippen molar-refractivity contribution in [3.63, 3.8) is 0 Å². The number of aliphatic hydroxyl groups excluding tert-OH is 1. The zero-order chi connectivity index (χ0) is 12.3. The fraction of sp³-hybridized carbons (Fsp3) is 0.182. The zero-order valence-corrected chi connectivity index (χ0v) is 8.88. The summed E-state index contributed by atoms with van der Waals surface area (Å²) in [6.07, 6.45) is 0. The van der Waals surface area contributed by atoms with Gasteiger partial charge in [-0.2, -0.15) is 0 Å². The summed E-state index contributed by atoms with van der Waals surface area (Å²) in [4.78, 5) is 25.9. The lowest BCUT2D eigenvalue weighted by Crippen LogP contribution is -2.27. The Morgan fingerprint density at radius 1 is 1.12 bits per heavy atom. The summed E-state index contributed by atoms with van der Waals surface area (Å²) >= 11 is 0. The van der Waals surface area contributed by atoms with Crippen LogP contribution in [-0.2, 0) is 9.59 Å². The van der Waals surface area contributed by atoms with Crippen LogP contribution in [0.2, 0.25) is 0 Å². The van der Waals surface area contributed by atoms with Gasteiger partial charge < -0.3 is 5.11 Å². The molecular formula is C11H11N3O3. The van der Waals surface area contributed by atoms with Crippen molar-refractivity contribution in [2.45, 2.75) is 6.04 Å². The summed E-state index contributed by atoms with van der Waals surface area (Å²) in [6, 6.07) is 8.61.